The summed E-state index contributed by atoms with van der Waals surface area (Å²) in [6.07, 6.45) is 3.57. The second kappa shape index (κ2) is 6.34. The Labute approximate surface area is 135 Å². The summed E-state index contributed by atoms with van der Waals surface area (Å²) in [6, 6.07) is 6.00. The molecule has 120 valence electrons. The van der Waals surface area contributed by atoms with Crippen molar-refractivity contribution in [1.29, 1.82) is 0 Å². The van der Waals surface area contributed by atoms with E-state index in [1.165, 1.54) is 0 Å². The molecule has 0 saturated heterocycles. The Morgan fingerprint density at radius 1 is 1.35 bits per heavy atom. The van der Waals surface area contributed by atoms with Crippen LogP contribution in [-0.2, 0) is 13.2 Å². The maximum Gasteiger partial charge on any atom is 0.134 e. The molecule has 2 aromatic heterocycles. The highest BCUT2D eigenvalue weighted by Gasteiger charge is 2.18. The maximum atomic E-state index is 9.11. The molecule has 0 atom stereocenters. The number of aliphatic imine (C=N–C) groups is 1. The fourth-order valence-corrected chi connectivity index (χ4v) is 2.49. The molecule has 0 saturated carbocycles. The Kier molecular flexibility index (Phi) is 4.25. The van der Waals surface area contributed by atoms with E-state index >= 15 is 0 Å². The summed E-state index contributed by atoms with van der Waals surface area (Å²) in [4.78, 5) is 15.6. The number of rotatable bonds is 4. The van der Waals surface area contributed by atoms with Crippen molar-refractivity contribution in [2.45, 2.75) is 33.0 Å². The Morgan fingerprint density at radius 3 is 2.83 bits per heavy atom. The fraction of sp³-hybridized carbons (Fsp3) is 0.353. The van der Waals surface area contributed by atoms with Gasteiger partial charge in [0.25, 0.3) is 0 Å². The van der Waals surface area contributed by atoms with Crippen LogP contribution in [0.1, 0.15) is 25.1 Å². The van der Waals surface area contributed by atoms with E-state index in [9.17, 15) is 0 Å². The minimum Gasteiger partial charge on any atom is -0.390 e. The lowest BCUT2D eigenvalue weighted by atomic mass is 10.1. The highest BCUT2D eigenvalue weighted by molar-refractivity contribution is 5.75. The monoisotopic (exact) mass is 311 g/mol. The van der Waals surface area contributed by atoms with Crippen LogP contribution in [0.5, 0.6) is 0 Å². The molecule has 0 spiro atoms. The van der Waals surface area contributed by atoms with Crippen LogP contribution in [0, 0.1) is 0 Å². The molecule has 3 heterocycles. The zero-order valence-corrected chi connectivity index (χ0v) is 13.6. The largest absolute Gasteiger partial charge is 0.390 e. The average molecular weight is 311 g/mol. The van der Waals surface area contributed by atoms with Crippen LogP contribution in [0.4, 0.5) is 11.5 Å². The molecule has 0 bridgehead atoms. The number of aliphatic hydroxyl groups excluding tert-OH is 1. The first kappa shape index (κ1) is 15.4. The zero-order valence-electron chi connectivity index (χ0n) is 13.6. The number of hydrogen-bond acceptors (Lipinski definition) is 6. The summed E-state index contributed by atoms with van der Waals surface area (Å²) < 4.78 is 0. The van der Waals surface area contributed by atoms with E-state index in [1.807, 2.05) is 36.5 Å². The summed E-state index contributed by atoms with van der Waals surface area (Å²) in [5.41, 5.74) is 4.42. The third-order valence-electron chi connectivity index (χ3n) is 3.61. The van der Waals surface area contributed by atoms with Gasteiger partial charge in [-0.1, -0.05) is 0 Å². The van der Waals surface area contributed by atoms with Crippen LogP contribution in [0.3, 0.4) is 0 Å². The Bertz CT molecular complexity index is 725. The summed E-state index contributed by atoms with van der Waals surface area (Å²) in [7, 11) is 2.00. The molecule has 2 aromatic rings. The Hall–Kier alpha value is -2.47. The van der Waals surface area contributed by atoms with E-state index in [4.69, 9.17) is 10.1 Å². The highest BCUT2D eigenvalue weighted by Crippen LogP contribution is 2.33. The molecule has 0 aliphatic carbocycles. The van der Waals surface area contributed by atoms with Crippen molar-refractivity contribution >= 4 is 17.8 Å². The van der Waals surface area contributed by atoms with Crippen LogP contribution in [0.2, 0.25) is 0 Å². The third-order valence-corrected chi connectivity index (χ3v) is 3.61. The predicted molar refractivity (Wildman–Crippen MR) is 91.8 cm³/mol. The van der Waals surface area contributed by atoms with Gasteiger partial charge >= 0.3 is 0 Å². The number of nitrogens with one attached hydrogen (secondary N) is 1. The minimum atomic E-state index is -0.0608. The lowest BCUT2D eigenvalue weighted by Crippen LogP contribution is -2.22. The lowest BCUT2D eigenvalue weighted by molar-refractivity contribution is 0.277. The summed E-state index contributed by atoms with van der Waals surface area (Å²) in [6.45, 7) is 4.90. The van der Waals surface area contributed by atoms with Crippen molar-refractivity contribution in [2.24, 2.45) is 4.99 Å². The summed E-state index contributed by atoms with van der Waals surface area (Å²) in [5, 5.41) is 12.5. The average Bonchev–Trinajstić information content (AvgIpc) is 2.54. The summed E-state index contributed by atoms with van der Waals surface area (Å²) >= 11 is 0. The summed E-state index contributed by atoms with van der Waals surface area (Å²) in [5.74, 6) is 0.863. The van der Waals surface area contributed by atoms with E-state index in [0.717, 1.165) is 34.9 Å². The molecule has 23 heavy (non-hydrogen) atoms. The molecule has 3 rings (SSSR count). The van der Waals surface area contributed by atoms with Crippen LogP contribution in [0.25, 0.3) is 11.3 Å². The predicted octanol–water partition coefficient (Wildman–Crippen LogP) is 2.56. The van der Waals surface area contributed by atoms with E-state index in [0.29, 0.717) is 5.69 Å². The van der Waals surface area contributed by atoms with E-state index in [2.05, 4.69) is 29.1 Å². The van der Waals surface area contributed by atoms with E-state index in [1.54, 1.807) is 6.20 Å². The first-order chi connectivity index (χ1) is 11.1. The van der Waals surface area contributed by atoms with Gasteiger partial charge < -0.3 is 15.3 Å². The van der Waals surface area contributed by atoms with Crippen LogP contribution < -0.4 is 5.32 Å². The molecule has 6 heteroatoms. The van der Waals surface area contributed by atoms with Gasteiger partial charge in [0.15, 0.2) is 0 Å². The first-order valence-corrected chi connectivity index (χ1v) is 7.68. The topological polar surface area (TPSA) is 73.6 Å². The molecule has 1 aliphatic heterocycles. The zero-order chi connectivity index (χ0) is 16.4. The van der Waals surface area contributed by atoms with Crippen LogP contribution in [0.15, 0.2) is 29.4 Å². The van der Waals surface area contributed by atoms with E-state index < -0.39 is 0 Å². The van der Waals surface area contributed by atoms with Gasteiger partial charge in [0.2, 0.25) is 0 Å². The number of pyridine rings is 2. The fourth-order valence-electron chi connectivity index (χ4n) is 2.49. The van der Waals surface area contributed by atoms with Gasteiger partial charge in [0, 0.05) is 37.0 Å². The lowest BCUT2D eigenvalue weighted by Gasteiger charge is -2.24. The van der Waals surface area contributed by atoms with Crippen LogP contribution in [-0.4, -0.2) is 39.4 Å². The molecule has 0 radical (unpaired) electrons. The normalized spacial score (nSPS) is 13.3. The maximum absolute atomic E-state index is 9.11. The van der Waals surface area contributed by atoms with Gasteiger partial charge in [0.05, 0.1) is 30.0 Å². The molecular formula is C17H21N5O. The molecule has 6 nitrogen and oxygen atoms in total. The van der Waals surface area contributed by atoms with Crippen molar-refractivity contribution in [3.63, 3.8) is 0 Å². The van der Waals surface area contributed by atoms with Crippen LogP contribution >= 0.6 is 0 Å². The first-order valence-electron chi connectivity index (χ1n) is 7.68. The SMILES string of the molecule is CC(C)Nc1nc(-c2ccc(CO)nc2)cc2c1CN(C)C=N2. The highest BCUT2D eigenvalue weighted by atomic mass is 16.3. The van der Waals surface area contributed by atoms with Gasteiger partial charge in [-0.25, -0.2) is 9.98 Å². The van der Waals surface area contributed by atoms with Crippen molar-refractivity contribution < 1.29 is 5.11 Å². The number of nitrogens with zero attached hydrogens (tertiary/aromatic N) is 4. The number of anilines is 1. The molecule has 2 N–H and O–H groups in total. The van der Waals surface area contributed by atoms with Gasteiger partial charge in [-0.3, -0.25) is 4.98 Å². The second-order valence-electron chi connectivity index (χ2n) is 6.01. The quantitative estimate of drug-likeness (QED) is 0.908. The van der Waals surface area contributed by atoms with Gasteiger partial charge in [-0.05, 0) is 32.0 Å². The Balaban J connectivity index is 2.06. The molecular weight excluding hydrogens is 290 g/mol. The van der Waals surface area contributed by atoms with Gasteiger partial charge in [-0.15, -0.1) is 0 Å². The smallest absolute Gasteiger partial charge is 0.134 e. The van der Waals surface area contributed by atoms with Gasteiger partial charge in [-0.2, -0.15) is 0 Å². The van der Waals surface area contributed by atoms with Crippen molar-refractivity contribution in [3.8, 4) is 11.3 Å². The van der Waals surface area contributed by atoms with Gasteiger partial charge in [0.1, 0.15) is 5.82 Å². The number of fused-ring (bicyclic) bond motifs is 1. The number of aliphatic hydroxyl groups is 1. The van der Waals surface area contributed by atoms with Crippen molar-refractivity contribution in [1.82, 2.24) is 14.9 Å². The van der Waals surface area contributed by atoms with E-state index in [-0.39, 0.29) is 12.6 Å². The third kappa shape index (κ3) is 3.32. The molecule has 0 unspecified atom stereocenters. The molecule has 1 aliphatic rings. The Morgan fingerprint density at radius 2 is 2.17 bits per heavy atom. The standard InChI is InChI=1S/C17H21N5O/c1-11(2)20-17-14-8-22(3)10-19-16(14)6-15(21-17)12-4-5-13(9-23)18-7-12/h4-7,10-11,23H,8-9H2,1-3H3,(H,20,21). The molecule has 0 amide bonds. The minimum absolute atomic E-state index is 0.0608. The number of aromatic nitrogens is 2. The number of hydrogen-bond donors (Lipinski definition) is 2. The molecule has 0 fully saturated rings. The van der Waals surface area contributed by atoms with Crippen molar-refractivity contribution in [3.05, 3.63) is 35.7 Å². The molecule has 0 aromatic carbocycles. The van der Waals surface area contributed by atoms with Crippen molar-refractivity contribution in [2.75, 3.05) is 12.4 Å². The second-order valence-corrected chi connectivity index (χ2v) is 6.01.